The van der Waals surface area contributed by atoms with Gasteiger partial charge in [-0.05, 0) is 42.9 Å². The maximum atomic E-state index is 13.1. The van der Waals surface area contributed by atoms with Crippen LogP contribution >= 0.6 is 15.9 Å². The van der Waals surface area contributed by atoms with Gasteiger partial charge in [-0.2, -0.15) is 0 Å². The van der Waals surface area contributed by atoms with Crippen molar-refractivity contribution in [3.8, 4) is 0 Å². The van der Waals surface area contributed by atoms with E-state index in [1.807, 2.05) is 38.1 Å². The minimum Gasteiger partial charge on any atom is -0.326 e. The quantitative estimate of drug-likeness (QED) is 0.804. The van der Waals surface area contributed by atoms with Crippen molar-refractivity contribution < 1.29 is 9.59 Å². The number of alkyl halides is 1. The number of hydrogen-bond acceptors (Lipinski definition) is 2. The lowest BCUT2D eigenvalue weighted by atomic mass is 9.64. The Bertz CT molecular complexity index is 669. The van der Waals surface area contributed by atoms with Crippen LogP contribution in [0.25, 0.3) is 0 Å². The fourth-order valence-electron chi connectivity index (χ4n) is 4.42. The van der Waals surface area contributed by atoms with E-state index in [1.54, 1.807) is 0 Å². The predicted octanol–water partition coefficient (Wildman–Crippen LogP) is 4.09. The van der Waals surface area contributed by atoms with E-state index in [4.69, 9.17) is 0 Å². The highest BCUT2D eigenvalue weighted by molar-refractivity contribution is 9.10. The van der Waals surface area contributed by atoms with Crippen LogP contribution in [0.4, 0.5) is 5.69 Å². The summed E-state index contributed by atoms with van der Waals surface area (Å²) in [5.74, 6) is 0.127. The zero-order valence-corrected chi connectivity index (χ0v) is 15.1. The molecule has 3 rings (SSSR count). The number of rotatable bonds is 2. The van der Waals surface area contributed by atoms with Crippen molar-refractivity contribution in [2.45, 2.75) is 45.4 Å². The van der Waals surface area contributed by atoms with Crippen LogP contribution in [-0.4, -0.2) is 16.5 Å². The Hall–Kier alpha value is -1.16. The fourth-order valence-corrected chi connectivity index (χ4v) is 5.93. The number of halogens is 1. The molecule has 1 N–H and O–H groups in total. The molecule has 0 aliphatic heterocycles. The van der Waals surface area contributed by atoms with E-state index in [9.17, 15) is 9.59 Å². The van der Waals surface area contributed by atoms with Gasteiger partial charge in [0.05, 0.1) is 10.2 Å². The van der Waals surface area contributed by atoms with Crippen molar-refractivity contribution in [1.29, 1.82) is 0 Å². The van der Waals surface area contributed by atoms with Gasteiger partial charge in [0.25, 0.3) is 0 Å². The van der Waals surface area contributed by atoms with Gasteiger partial charge in [-0.15, -0.1) is 0 Å². The maximum absolute atomic E-state index is 13.1. The summed E-state index contributed by atoms with van der Waals surface area (Å²) in [5.41, 5.74) is 0.430. The molecule has 0 unspecified atom stereocenters. The Morgan fingerprint density at radius 2 is 1.95 bits per heavy atom. The highest BCUT2D eigenvalue weighted by Crippen LogP contribution is 2.72. The van der Waals surface area contributed by atoms with Crippen LogP contribution in [0, 0.1) is 23.2 Å². The molecule has 3 nitrogen and oxygen atoms in total. The Balaban J connectivity index is 1.99. The third-order valence-electron chi connectivity index (χ3n) is 6.40. The van der Waals surface area contributed by atoms with Gasteiger partial charge in [0, 0.05) is 11.1 Å². The second kappa shape index (κ2) is 4.67. The molecule has 22 heavy (non-hydrogen) atoms. The molecule has 0 radical (unpaired) electrons. The number of carbonyl (C=O) groups is 2. The molecular formula is C18H22BrNO2. The Morgan fingerprint density at radius 1 is 1.27 bits per heavy atom. The Kier molecular flexibility index (Phi) is 3.34. The third-order valence-corrected chi connectivity index (χ3v) is 7.60. The fraction of sp³-hybridized carbons (Fsp3) is 0.556. The van der Waals surface area contributed by atoms with Gasteiger partial charge < -0.3 is 5.32 Å². The summed E-state index contributed by atoms with van der Waals surface area (Å²) in [4.78, 5) is 25.4. The number of anilines is 1. The van der Waals surface area contributed by atoms with Crippen LogP contribution in [0.3, 0.4) is 0 Å². The number of fused-ring (bicyclic) bond motifs is 2. The van der Waals surface area contributed by atoms with E-state index in [-0.39, 0.29) is 17.1 Å². The number of hydrogen-bond donors (Lipinski definition) is 1. The highest BCUT2D eigenvalue weighted by atomic mass is 79.9. The smallest absolute Gasteiger partial charge is 0.232 e. The summed E-state index contributed by atoms with van der Waals surface area (Å²) in [6.45, 7) is 8.14. The first-order valence-electron chi connectivity index (χ1n) is 7.73. The number of nitrogens with one attached hydrogen (secondary N) is 1. The second-order valence-electron chi connectivity index (χ2n) is 7.48. The molecular weight excluding hydrogens is 342 g/mol. The molecule has 118 valence electrons. The zero-order valence-electron chi connectivity index (χ0n) is 13.5. The third kappa shape index (κ3) is 1.67. The molecule has 2 saturated carbocycles. The highest BCUT2D eigenvalue weighted by Gasteiger charge is 2.76. The maximum Gasteiger partial charge on any atom is 0.232 e. The van der Waals surface area contributed by atoms with Gasteiger partial charge >= 0.3 is 0 Å². The van der Waals surface area contributed by atoms with E-state index in [0.29, 0.717) is 0 Å². The molecule has 1 aromatic carbocycles. The molecule has 1 aromatic rings. The first kappa shape index (κ1) is 15.7. The first-order valence-corrected chi connectivity index (χ1v) is 8.65. The molecule has 0 spiro atoms. The topological polar surface area (TPSA) is 46.2 Å². The number of Topliss-reactive ketones (excluding diaryl/α,β-unsaturated/α-hetero) is 1. The van der Waals surface area contributed by atoms with Crippen molar-refractivity contribution in [2.24, 2.45) is 16.2 Å². The van der Waals surface area contributed by atoms with Gasteiger partial charge in [-0.1, -0.05) is 48.8 Å². The standard InChI is InChI=1S/C18H22BrNO2/c1-11-6-5-7-12(10-11)20-15(22)18-9-8-17(4,16(18,2)3)14(21)13(18)19/h5-7,10,13H,8-9H2,1-4H3,(H,20,22)/t13-,17+,18-/m1/s1. The van der Waals surface area contributed by atoms with Gasteiger partial charge in [0.1, 0.15) is 0 Å². The summed E-state index contributed by atoms with van der Waals surface area (Å²) >= 11 is 3.55. The SMILES string of the molecule is Cc1cccc(NC(=O)[C@@]23CC[C@@](C)(C(=O)[C@H]2Br)C3(C)C)c1. The lowest BCUT2D eigenvalue weighted by Crippen LogP contribution is -2.47. The minimum absolute atomic E-state index is 0.0421. The van der Waals surface area contributed by atoms with Crippen molar-refractivity contribution in [2.75, 3.05) is 5.32 Å². The van der Waals surface area contributed by atoms with Crippen LogP contribution in [-0.2, 0) is 9.59 Å². The summed E-state index contributed by atoms with van der Waals surface area (Å²) in [6, 6.07) is 7.77. The molecule has 2 fully saturated rings. The summed E-state index contributed by atoms with van der Waals surface area (Å²) in [5, 5.41) is 3.05. The molecule has 1 amide bonds. The van der Waals surface area contributed by atoms with E-state index >= 15 is 0 Å². The van der Waals surface area contributed by atoms with Crippen LogP contribution in [0.1, 0.15) is 39.2 Å². The molecule has 0 saturated heterocycles. The molecule has 2 aliphatic rings. The van der Waals surface area contributed by atoms with Crippen molar-refractivity contribution in [1.82, 2.24) is 0 Å². The van der Waals surface area contributed by atoms with E-state index in [2.05, 4.69) is 35.1 Å². The summed E-state index contributed by atoms with van der Waals surface area (Å²) in [6.07, 6.45) is 1.53. The van der Waals surface area contributed by atoms with E-state index in [1.165, 1.54) is 0 Å². The van der Waals surface area contributed by atoms with Crippen LogP contribution < -0.4 is 5.32 Å². The van der Waals surface area contributed by atoms with Crippen molar-refractivity contribution in [3.05, 3.63) is 29.8 Å². The van der Waals surface area contributed by atoms with E-state index in [0.717, 1.165) is 24.1 Å². The van der Waals surface area contributed by atoms with Crippen LogP contribution in [0.5, 0.6) is 0 Å². The van der Waals surface area contributed by atoms with Crippen molar-refractivity contribution >= 4 is 33.3 Å². The van der Waals surface area contributed by atoms with Gasteiger partial charge in [0.15, 0.2) is 5.78 Å². The Labute approximate surface area is 140 Å². The number of carbonyl (C=O) groups excluding carboxylic acids is 2. The number of benzene rings is 1. The average molecular weight is 364 g/mol. The van der Waals surface area contributed by atoms with Crippen LogP contribution in [0.15, 0.2) is 24.3 Å². The molecule has 3 atom stereocenters. The normalized spacial score (nSPS) is 35.7. The van der Waals surface area contributed by atoms with E-state index < -0.39 is 15.7 Å². The largest absolute Gasteiger partial charge is 0.326 e. The lowest BCUT2D eigenvalue weighted by Gasteiger charge is -2.39. The summed E-state index contributed by atoms with van der Waals surface area (Å²) in [7, 11) is 0. The minimum atomic E-state index is -0.678. The number of aryl methyl sites for hydroxylation is 1. The molecule has 2 bridgehead atoms. The van der Waals surface area contributed by atoms with Gasteiger partial charge in [-0.25, -0.2) is 0 Å². The van der Waals surface area contributed by atoms with Gasteiger partial charge in [-0.3, -0.25) is 9.59 Å². The average Bonchev–Trinajstić information content (AvgIpc) is 2.71. The number of amides is 1. The molecule has 2 aliphatic carbocycles. The molecule has 4 heteroatoms. The predicted molar refractivity (Wildman–Crippen MR) is 91.1 cm³/mol. The Morgan fingerprint density at radius 3 is 2.50 bits per heavy atom. The molecule has 0 aromatic heterocycles. The monoisotopic (exact) mass is 363 g/mol. The summed E-state index contributed by atoms with van der Waals surface area (Å²) < 4.78 is 0. The second-order valence-corrected chi connectivity index (χ2v) is 8.39. The van der Waals surface area contributed by atoms with Gasteiger partial charge in [0.2, 0.25) is 5.91 Å². The number of ketones is 1. The molecule has 0 heterocycles. The van der Waals surface area contributed by atoms with Crippen LogP contribution in [0.2, 0.25) is 0 Å². The lowest BCUT2D eigenvalue weighted by molar-refractivity contribution is -0.130. The first-order chi connectivity index (χ1) is 10.2. The zero-order chi connectivity index (χ0) is 16.3. The van der Waals surface area contributed by atoms with Crippen molar-refractivity contribution in [3.63, 3.8) is 0 Å².